The maximum atomic E-state index is 6.21. The van der Waals surface area contributed by atoms with Crippen LogP contribution in [0, 0.1) is 5.92 Å². The highest BCUT2D eigenvalue weighted by molar-refractivity contribution is 6.33. The lowest BCUT2D eigenvalue weighted by Gasteiger charge is -2.10. The van der Waals surface area contributed by atoms with E-state index in [-0.39, 0.29) is 0 Å². The fourth-order valence-electron chi connectivity index (χ4n) is 1.84. The Hall–Kier alpha value is -1.88. The Balaban J connectivity index is 2.20. The smallest absolute Gasteiger partial charge is 0.145 e. The predicted octanol–water partition coefficient (Wildman–Crippen LogP) is 3.69. The van der Waals surface area contributed by atoms with Crippen molar-refractivity contribution in [3.8, 4) is 11.3 Å². The molecule has 2 heterocycles. The standard InChI is InChI=1S/C15H20ClN5/c1-10(2)4-5-19-15-9-18-8-13(21-15)11-6-14(17-3)20-7-12(11)16/h6-10H,4-5H2,1-3H3,(H,17,20)(H,19,21). The molecule has 0 aliphatic carbocycles. The van der Waals surface area contributed by atoms with E-state index in [2.05, 4.69) is 39.4 Å². The van der Waals surface area contributed by atoms with E-state index in [1.807, 2.05) is 13.1 Å². The minimum Gasteiger partial charge on any atom is -0.373 e. The van der Waals surface area contributed by atoms with Gasteiger partial charge in [0.15, 0.2) is 0 Å². The number of pyridine rings is 1. The summed E-state index contributed by atoms with van der Waals surface area (Å²) in [5.74, 6) is 2.16. The summed E-state index contributed by atoms with van der Waals surface area (Å²) in [6.45, 7) is 5.27. The topological polar surface area (TPSA) is 62.7 Å². The van der Waals surface area contributed by atoms with Crippen LogP contribution in [0.1, 0.15) is 20.3 Å². The number of hydrogen-bond acceptors (Lipinski definition) is 5. The van der Waals surface area contributed by atoms with Gasteiger partial charge in [0, 0.05) is 25.4 Å². The van der Waals surface area contributed by atoms with Gasteiger partial charge in [0.1, 0.15) is 11.6 Å². The molecule has 0 spiro atoms. The monoisotopic (exact) mass is 305 g/mol. The van der Waals surface area contributed by atoms with Crippen LogP contribution >= 0.6 is 11.6 Å². The zero-order valence-corrected chi connectivity index (χ0v) is 13.3. The zero-order chi connectivity index (χ0) is 15.2. The van der Waals surface area contributed by atoms with Gasteiger partial charge in [-0.2, -0.15) is 0 Å². The molecule has 0 atom stereocenters. The molecule has 0 saturated carbocycles. The fourth-order valence-corrected chi connectivity index (χ4v) is 2.04. The molecule has 0 bridgehead atoms. The van der Waals surface area contributed by atoms with Crippen molar-refractivity contribution >= 4 is 23.2 Å². The first-order chi connectivity index (χ1) is 10.1. The summed E-state index contributed by atoms with van der Waals surface area (Å²) in [5, 5.41) is 6.84. The summed E-state index contributed by atoms with van der Waals surface area (Å²) in [5.41, 5.74) is 1.55. The Morgan fingerprint density at radius 3 is 2.71 bits per heavy atom. The second-order valence-corrected chi connectivity index (χ2v) is 5.61. The van der Waals surface area contributed by atoms with Crippen molar-refractivity contribution in [3.63, 3.8) is 0 Å². The van der Waals surface area contributed by atoms with Gasteiger partial charge < -0.3 is 10.6 Å². The molecule has 5 nitrogen and oxygen atoms in total. The van der Waals surface area contributed by atoms with Crippen LogP contribution in [0.3, 0.4) is 0 Å². The highest BCUT2D eigenvalue weighted by Crippen LogP contribution is 2.27. The molecule has 0 aliphatic rings. The van der Waals surface area contributed by atoms with Crippen molar-refractivity contribution in [2.75, 3.05) is 24.2 Å². The highest BCUT2D eigenvalue weighted by Gasteiger charge is 2.08. The Bertz CT molecular complexity index is 600. The number of nitrogens with zero attached hydrogens (tertiary/aromatic N) is 3. The molecule has 6 heteroatoms. The third kappa shape index (κ3) is 4.29. The van der Waals surface area contributed by atoms with Crippen LogP contribution in [-0.2, 0) is 0 Å². The molecule has 2 aromatic heterocycles. The van der Waals surface area contributed by atoms with Crippen molar-refractivity contribution in [2.45, 2.75) is 20.3 Å². The van der Waals surface area contributed by atoms with Gasteiger partial charge in [-0.3, -0.25) is 4.98 Å². The average molecular weight is 306 g/mol. The molecular weight excluding hydrogens is 286 g/mol. The van der Waals surface area contributed by atoms with Gasteiger partial charge in [0.25, 0.3) is 0 Å². The molecule has 0 unspecified atom stereocenters. The fraction of sp³-hybridized carbons (Fsp3) is 0.400. The van der Waals surface area contributed by atoms with Crippen LogP contribution in [0.25, 0.3) is 11.3 Å². The first-order valence-electron chi connectivity index (χ1n) is 6.99. The molecule has 0 radical (unpaired) electrons. The summed E-state index contributed by atoms with van der Waals surface area (Å²) < 4.78 is 0. The summed E-state index contributed by atoms with van der Waals surface area (Å²) in [4.78, 5) is 13.0. The lowest BCUT2D eigenvalue weighted by Crippen LogP contribution is -2.07. The molecule has 0 fully saturated rings. The van der Waals surface area contributed by atoms with Gasteiger partial charge in [-0.05, 0) is 18.4 Å². The molecule has 2 aromatic rings. The number of anilines is 2. The molecule has 2 N–H and O–H groups in total. The molecule has 112 valence electrons. The maximum absolute atomic E-state index is 6.21. The van der Waals surface area contributed by atoms with Crippen molar-refractivity contribution in [2.24, 2.45) is 5.92 Å². The number of halogens is 1. The van der Waals surface area contributed by atoms with E-state index in [1.54, 1.807) is 18.6 Å². The van der Waals surface area contributed by atoms with Crippen LogP contribution in [0.15, 0.2) is 24.7 Å². The van der Waals surface area contributed by atoms with Crippen molar-refractivity contribution in [3.05, 3.63) is 29.7 Å². The third-order valence-corrected chi connectivity index (χ3v) is 3.35. The van der Waals surface area contributed by atoms with Crippen molar-refractivity contribution in [1.29, 1.82) is 0 Å². The Labute approximate surface area is 130 Å². The molecule has 2 rings (SSSR count). The van der Waals surface area contributed by atoms with Crippen LogP contribution in [0.2, 0.25) is 5.02 Å². The first-order valence-corrected chi connectivity index (χ1v) is 7.37. The zero-order valence-electron chi connectivity index (χ0n) is 12.5. The van der Waals surface area contributed by atoms with Gasteiger partial charge in [0.05, 0.1) is 23.1 Å². The number of rotatable bonds is 6. The van der Waals surface area contributed by atoms with E-state index in [9.17, 15) is 0 Å². The molecule has 21 heavy (non-hydrogen) atoms. The Morgan fingerprint density at radius 1 is 1.19 bits per heavy atom. The molecule has 0 aromatic carbocycles. The Kier molecular flexibility index (Phi) is 5.33. The Morgan fingerprint density at radius 2 is 2.00 bits per heavy atom. The normalized spacial score (nSPS) is 10.7. The largest absolute Gasteiger partial charge is 0.373 e. The lowest BCUT2D eigenvalue weighted by molar-refractivity contribution is 0.606. The van der Waals surface area contributed by atoms with Crippen LogP contribution in [-0.4, -0.2) is 28.5 Å². The van der Waals surface area contributed by atoms with Crippen molar-refractivity contribution < 1.29 is 0 Å². The predicted molar refractivity (Wildman–Crippen MR) is 87.8 cm³/mol. The lowest BCUT2D eigenvalue weighted by atomic mass is 10.1. The third-order valence-electron chi connectivity index (χ3n) is 3.05. The second kappa shape index (κ2) is 7.22. The van der Waals surface area contributed by atoms with Gasteiger partial charge in [0.2, 0.25) is 0 Å². The summed E-state index contributed by atoms with van der Waals surface area (Å²) in [6, 6.07) is 1.87. The quantitative estimate of drug-likeness (QED) is 0.852. The van der Waals surface area contributed by atoms with E-state index in [0.29, 0.717) is 10.9 Å². The molecule has 0 saturated heterocycles. The van der Waals surface area contributed by atoms with Crippen LogP contribution in [0.5, 0.6) is 0 Å². The van der Waals surface area contributed by atoms with Crippen LogP contribution in [0.4, 0.5) is 11.6 Å². The average Bonchev–Trinajstić information content (AvgIpc) is 2.48. The van der Waals surface area contributed by atoms with Gasteiger partial charge >= 0.3 is 0 Å². The molecule has 0 aliphatic heterocycles. The van der Waals surface area contributed by atoms with E-state index < -0.39 is 0 Å². The number of hydrogen-bond donors (Lipinski definition) is 2. The van der Waals surface area contributed by atoms with E-state index in [1.165, 1.54) is 0 Å². The molecule has 0 amide bonds. The summed E-state index contributed by atoms with van der Waals surface area (Å²) in [6.07, 6.45) is 6.13. The first kappa shape index (κ1) is 15.5. The highest BCUT2D eigenvalue weighted by atomic mass is 35.5. The van der Waals surface area contributed by atoms with E-state index in [4.69, 9.17) is 11.6 Å². The summed E-state index contributed by atoms with van der Waals surface area (Å²) in [7, 11) is 1.82. The number of aromatic nitrogens is 3. The summed E-state index contributed by atoms with van der Waals surface area (Å²) >= 11 is 6.21. The minimum atomic E-state index is 0.558. The van der Waals surface area contributed by atoms with Crippen LogP contribution < -0.4 is 10.6 Å². The maximum Gasteiger partial charge on any atom is 0.145 e. The minimum absolute atomic E-state index is 0.558. The van der Waals surface area contributed by atoms with Gasteiger partial charge in [-0.15, -0.1) is 0 Å². The van der Waals surface area contributed by atoms with Crippen molar-refractivity contribution in [1.82, 2.24) is 15.0 Å². The van der Waals surface area contributed by atoms with Gasteiger partial charge in [-0.1, -0.05) is 25.4 Å². The van der Waals surface area contributed by atoms with E-state index in [0.717, 1.165) is 35.9 Å². The number of nitrogens with one attached hydrogen (secondary N) is 2. The van der Waals surface area contributed by atoms with Gasteiger partial charge in [-0.25, -0.2) is 9.97 Å². The van der Waals surface area contributed by atoms with E-state index >= 15 is 0 Å². The SMILES string of the molecule is CNc1cc(-c2cncc(NCCC(C)C)n2)c(Cl)cn1. The molecular formula is C15H20ClN5. The second-order valence-electron chi connectivity index (χ2n) is 5.20.